The van der Waals surface area contributed by atoms with Crippen LogP contribution in [0.1, 0.15) is 25.6 Å². The molecule has 0 spiro atoms. The van der Waals surface area contributed by atoms with Gasteiger partial charge in [0.1, 0.15) is 0 Å². The summed E-state index contributed by atoms with van der Waals surface area (Å²) >= 11 is 0. The van der Waals surface area contributed by atoms with Crippen molar-refractivity contribution in [2.45, 2.75) is 19.9 Å². The Morgan fingerprint density at radius 1 is 1.69 bits per heavy atom. The zero-order valence-corrected chi connectivity index (χ0v) is 8.28. The molecule has 1 atom stereocenters. The quantitative estimate of drug-likeness (QED) is 0.412. The third kappa shape index (κ3) is 2.68. The van der Waals surface area contributed by atoms with Crippen molar-refractivity contribution >= 4 is 0 Å². The summed E-state index contributed by atoms with van der Waals surface area (Å²) in [5.41, 5.74) is 4.86. The average Bonchev–Trinajstić information content (AvgIpc) is 2.47. The maximum Gasteiger partial charge on any atom is 0.0947 e. The first-order valence-electron chi connectivity index (χ1n) is 4.22. The molecule has 0 aliphatic rings. The minimum Gasteiger partial charge on any atom is -0.340 e. The molecule has 0 saturated heterocycles. The van der Waals surface area contributed by atoms with Crippen molar-refractivity contribution in [2.24, 2.45) is 12.9 Å². The van der Waals surface area contributed by atoms with Crippen LogP contribution in [0.2, 0.25) is 0 Å². The molecule has 0 amide bonds. The molecular weight excluding hydrogens is 164 g/mol. The van der Waals surface area contributed by atoms with E-state index in [1.54, 1.807) is 6.33 Å². The van der Waals surface area contributed by atoms with Gasteiger partial charge in [-0.05, 0) is 13.8 Å². The van der Waals surface area contributed by atoms with E-state index in [1.165, 1.54) is 5.57 Å². The topological polar surface area (TPSA) is 55.9 Å². The van der Waals surface area contributed by atoms with Crippen molar-refractivity contribution in [2.75, 3.05) is 0 Å². The van der Waals surface area contributed by atoms with E-state index in [0.29, 0.717) is 0 Å². The number of hydrogen-bond acceptors (Lipinski definition) is 3. The number of allylic oxidation sites excluding steroid dienone is 1. The molecule has 4 heteroatoms. The molecule has 72 valence electrons. The number of hydrogen-bond donors (Lipinski definition) is 2. The predicted octanol–water partition coefficient (Wildman–Crippen LogP) is 0.891. The second-order valence-corrected chi connectivity index (χ2v) is 3.35. The Morgan fingerprint density at radius 3 is 2.77 bits per heavy atom. The van der Waals surface area contributed by atoms with E-state index in [-0.39, 0.29) is 6.04 Å². The summed E-state index contributed by atoms with van der Waals surface area (Å²) in [5, 5.41) is 0. The van der Waals surface area contributed by atoms with Gasteiger partial charge in [-0.2, -0.15) is 0 Å². The van der Waals surface area contributed by atoms with Crippen LogP contribution in [-0.2, 0) is 7.05 Å². The molecule has 1 unspecified atom stereocenters. The lowest BCUT2D eigenvalue weighted by Gasteiger charge is -2.08. The van der Waals surface area contributed by atoms with E-state index in [2.05, 4.69) is 10.4 Å². The van der Waals surface area contributed by atoms with Gasteiger partial charge in [0.15, 0.2) is 0 Å². The first-order chi connectivity index (χ1) is 6.13. The summed E-state index contributed by atoms with van der Waals surface area (Å²) < 4.78 is 1.90. The van der Waals surface area contributed by atoms with E-state index >= 15 is 0 Å². The van der Waals surface area contributed by atoms with Crippen LogP contribution >= 0.6 is 0 Å². The summed E-state index contributed by atoms with van der Waals surface area (Å²) in [6, 6.07) is 0.00574. The summed E-state index contributed by atoms with van der Waals surface area (Å²) in [6.07, 6.45) is 5.75. The van der Waals surface area contributed by atoms with Crippen LogP contribution in [0.15, 0.2) is 24.2 Å². The minimum absolute atomic E-state index is 0.00574. The highest BCUT2D eigenvalue weighted by molar-refractivity contribution is 5.13. The standard InChI is InChI=1S/C9H16N4/c1-7(2)4-8(12-10)9-5-13(3)6-11-9/h4-6,8,12H,10H2,1-3H3. The molecule has 3 N–H and O–H groups in total. The molecule has 0 aliphatic heterocycles. The number of aryl methyl sites for hydroxylation is 1. The van der Waals surface area contributed by atoms with Gasteiger partial charge in [0.2, 0.25) is 0 Å². The van der Waals surface area contributed by atoms with Gasteiger partial charge < -0.3 is 4.57 Å². The molecule has 0 saturated carbocycles. The van der Waals surface area contributed by atoms with Crippen molar-refractivity contribution in [1.29, 1.82) is 0 Å². The van der Waals surface area contributed by atoms with Gasteiger partial charge in [0.25, 0.3) is 0 Å². The molecule has 0 fully saturated rings. The van der Waals surface area contributed by atoms with Crippen LogP contribution < -0.4 is 11.3 Å². The molecule has 4 nitrogen and oxygen atoms in total. The molecule has 0 bridgehead atoms. The largest absolute Gasteiger partial charge is 0.340 e. The van der Waals surface area contributed by atoms with E-state index < -0.39 is 0 Å². The van der Waals surface area contributed by atoms with Crippen molar-refractivity contribution < 1.29 is 0 Å². The summed E-state index contributed by atoms with van der Waals surface area (Å²) in [5.74, 6) is 5.42. The van der Waals surface area contributed by atoms with Crippen molar-refractivity contribution in [3.05, 3.63) is 29.9 Å². The van der Waals surface area contributed by atoms with Crippen LogP contribution in [0.25, 0.3) is 0 Å². The van der Waals surface area contributed by atoms with Crippen LogP contribution in [0.4, 0.5) is 0 Å². The van der Waals surface area contributed by atoms with Crippen LogP contribution in [0.5, 0.6) is 0 Å². The Hall–Kier alpha value is -1.13. The third-order valence-corrected chi connectivity index (χ3v) is 1.72. The zero-order valence-electron chi connectivity index (χ0n) is 8.28. The lowest BCUT2D eigenvalue weighted by molar-refractivity contribution is 0.637. The summed E-state index contributed by atoms with van der Waals surface area (Å²) in [6.45, 7) is 4.07. The molecule has 0 radical (unpaired) electrons. The molecule has 1 rings (SSSR count). The minimum atomic E-state index is 0.00574. The van der Waals surface area contributed by atoms with Crippen LogP contribution in [0.3, 0.4) is 0 Å². The van der Waals surface area contributed by atoms with Gasteiger partial charge in [-0.1, -0.05) is 11.6 Å². The lowest BCUT2D eigenvalue weighted by Crippen LogP contribution is -2.27. The first-order valence-corrected chi connectivity index (χ1v) is 4.22. The second-order valence-electron chi connectivity index (χ2n) is 3.35. The fraction of sp³-hybridized carbons (Fsp3) is 0.444. The van der Waals surface area contributed by atoms with E-state index in [4.69, 9.17) is 5.84 Å². The van der Waals surface area contributed by atoms with Crippen molar-refractivity contribution in [3.8, 4) is 0 Å². The zero-order chi connectivity index (χ0) is 9.84. The van der Waals surface area contributed by atoms with Crippen molar-refractivity contribution in [3.63, 3.8) is 0 Å². The Labute approximate surface area is 78.4 Å². The van der Waals surface area contributed by atoms with Crippen LogP contribution in [-0.4, -0.2) is 9.55 Å². The number of hydrazine groups is 1. The van der Waals surface area contributed by atoms with Gasteiger partial charge in [0.05, 0.1) is 18.1 Å². The predicted molar refractivity (Wildman–Crippen MR) is 52.7 cm³/mol. The number of imidazole rings is 1. The lowest BCUT2D eigenvalue weighted by atomic mass is 10.1. The molecule has 13 heavy (non-hydrogen) atoms. The SMILES string of the molecule is CC(C)=CC(NN)c1cn(C)cn1. The van der Waals surface area contributed by atoms with Gasteiger partial charge >= 0.3 is 0 Å². The Balaban J connectivity index is 2.84. The van der Waals surface area contributed by atoms with Gasteiger partial charge in [-0.3, -0.25) is 5.84 Å². The van der Waals surface area contributed by atoms with E-state index in [0.717, 1.165) is 5.69 Å². The van der Waals surface area contributed by atoms with Crippen molar-refractivity contribution in [1.82, 2.24) is 15.0 Å². The smallest absolute Gasteiger partial charge is 0.0947 e. The highest BCUT2D eigenvalue weighted by atomic mass is 15.2. The summed E-state index contributed by atoms with van der Waals surface area (Å²) in [7, 11) is 1.94. The molecular formula is C9H16N4. The molecule has 1 heterocycles. The van der Waals surface area contributed by atoms with Gasteiger partial charge in [0, 0.05) is 13.2 Å². The fourth-order valence-electron chi connectivity index (χ4n) is 1.15. The normalized spacial score (nSPS) is 12.6. The summed E-state index contributed by atoms with van der Waals surface area (Å²) in [4.78, 5) is 4.22. The molecule has 1 aromatic rings. The molecule has 1 aromatic heterocycles. The number of nitrogens with two attached hydrogens (primary N) is 1. The van der Waals surface area contributed by atoms with Gasteiger partial charge in [-0.25, -0.2) is 10.4 Å². The first kappa shape index (κ1) is 9.95. The number of nitrogens with zero attached hydrogens (tertiary/aromatic N) is 2. The molecule has 0 aliphatic carbocycles. The Kier molecular flexibility index (Phi) is 3.22. The number of rotatable bonds is 3. The van der Waals surface area contributed by atoms with E-state index in [1.807, 2.05) is 37.7 Å². The monoisotopic (exact) mass is 180 g/mol. The highest BCUT2D eigenvalue weighted by Crippen LogP contribution is 2.12. The second kappa shape index (κ2) is 4.20. The van der Waals surface area contributed by atoms with E-state index in [9.17, 15) is 0 Å². The molecule has 0 aromatic carbocycles. The number of aromatic nitrogens is 2. The van der Waals surface area contributed by atoms with Crippen LogP contribution in [0, 0.1) is 0 Å². The van der Waals surface area contributed by atoms with Gasteiger partial charge in [-0.15, -0.1) is 0 Å². The third-order valence-electron chi connectivity index (χ3n) is 1.72. The maximum absolute atomic E-state index is 5.42. The highest BCUT2D eigenvalue weighted by Gasteiger charge is 2.08. The Bertz CT molecular complexity index is 296. The fourth-order valence-corrected chi connectivity index (χ4v) is 1.15. The maximum atomic E-state index is 5.42. The number of nitrogens with one attached hydrogen (secondary N) is 1. The average molecular weight is 180 g/mol. The Morgan fingerprint density at radius 2 is 2.38 bits per heavy atom.